The first-order valence-corrected chi connectivity index (χ1v) is 8.03. The molecule has 3 rings (SSSR count). The second-order valence-corrected chi connectivity index (χ2v) is 5.95. The van der Waals surface area contributed by atoms with Crippen molar-refractivity contribution >= 4 is 11.7 Å². The van der Waals surface area contributed by atoms with E-state index in [0.29, 0.717) is 11.3 Å². The zero-order valence-corrected chi connectivity index (χ0v) is 14.4. The molecular weight excluding hydrogens is 341 g/mol. The van der Waals surface area contributed by atoms with Crippen molar-refractivity contribution in [2.45, 2.75) is 13.0 Å². The second-order valence-electron chi connectivity index (χ2n) is 5.95. The van der Waals surface area contributed by atoms with Crippen molar-refractivity contribution < 1.29 is 28.2 Å². The fourth-order valence-corrected chi connectivity index (χ4v) is 2.99. The lowest BCUT2D eigenvalue weighted by Gasteiger charge is -2.26. The number of halogens is 1. The van der Waals surface area contributed by atoms with E-state index in [1.807, 2.05) is 0 Å². The minimum Gasteiger partial charge on any atom is -0.503 e. The monoisotopic (exact) mass is 359 g/mol. The number of aryl methyl sites for hydroxylation is 1. The first-order valence-electron chi connectivity index (χ1n) is 8.03. The fraction of sp³-hybridized carbons (Fsp3) is 0.263. The average molecular weight is 359 g/mol. The number of ketones is 1. The van der Waals surface area contributed by atoms with E-state index in [4.69, 9.17) is 9.15 Å². The highest BCUT2D eigenvalue weighted by molar-refractivity contribution is 6.15. The third-order valence-corrected chi connectivity index (χ3v) is 4.23. The molecule has 1 amide bonds. The SMILES string of the molecule is COCCN1C(=O)C(O)=C(C(=O)c2ccc(C)o2)C1c1ccc(F)cc1. The lowest BCUT2D eigenvalue weighted by atomic mass is 9.95. The zero-order chi connectivity index (χ0) is 18.8. The van der Waals surface area contributed by atoms with Crippen molar-refractivity contribution in [3.8, 4) is 0 Å². The van der Waals surface area contributed by atoms with Crippen LogP contribution < -0.4 is 0 Å². The Morgan fingerprint density at radius 2 is 1.96 bits per heavy atom. The van der Waals surface area contributed by atoms with Gasteiger partial charge in [-0.3, -0.25) is 9.59 Å². The maximum absolute atomic E-state index is 13.3. The van der Waals surface area contributed by atoms with E-state index in [1.165, 1.54) is 42.3 Å². The quantitative estimate of drug-likeness (QED) is 0.802. The summed E-state index contributed by atoms with van der Waals surface area (Å²) in [4.78, 5) is 26.7. The number of hydrogen-bond acceptors (Lipinski definition) is 5. The third kappa shape index (κ3) is 3.13. The lowest BCUT2D eigenvalue weighted by molar-refractivity contribution is -0.130. The van der Waals surface area contributed by atoms with Gasteiger partial charge >= 0.3 is 0 Å². The number of carbonyl (C=O) groups is 2. The number of benzene rings is 1. The van der Waals surface area contributed by atoms with Crippen molar-refractivity contribution in [2.75, 3.05) is 20.3 Å². The van der Waals surface area contributed by atoms with Crippen molar-refractivity contribution in [1.29, 1.82) is 0 Å². The summed E-state index contributed by atoms with van der Waals surface area (Å²) in [5.41, 5.74) is 0.415. The van der Waals surface area contributed by atoms with Crippen LogP contribution in [0, 0.1) is 12.7 Å². The maximum atomic E-state index is 13.3. The molecule has 0 fully saturated rings. The number of nitrogens with zero attached hydrogens (tertiary/aromatic N) is 1. The molecule has 0 saturated carbocycles. The normalized spacial score (nSPS) is 17.3. The molecule has 0 bridgehead atoms. The van der Waals surface area contributed by atoms with Crippen LogP contribution in [0.15, 0.2) is 52.1 Å². The van der Waals surface area contributed by atoms with Gasteiger partial charge in [-0.25, -0.2) is 4.39 Å². The molecule has 1 aromatic heterocycles. The first kappa shape index (κ1) is 17.9. The molecule has 0 radical (unpaired) electrons. The van der Waals surface area contributed by atoms with Crippen molar-refractivity contribution in [3.63, 3.8) is 0 Å². The summed E-state index contributed by atoms with van der Waals surface area (Å²) >= 11 is 0. The number of methoxy groups -OCH3 is 1. The molecule has 0 aliphatic carbocycles. The molecule has 0 spiro atoms. The number of ether oxygens (including phenoxy) is 1. The molecule has 1 N–H and O–H groups in total. The van der Waals surface area contributed by atoms with Crippen molar-refractivity contribution in [3.05, 3.63) is 70.6 Å². The Kier molecular flexibility index (Phi) is 4.90. The molecule has 1 aromatic carbocycles. The topological polar surface area (TPSA) is 80.0 Å². The number of rotatable bonds is 6. The molecule has 1 atom stereocenters. The van der Waals surface area contributed by atoms with E-state index < -0.39 is 29.3 Å². The minimum absolute atomic E-state index is 0.0255. The van der Waals surface area contributed by atoms with Gasteiger partial charge in [0.15, 0.2) is 11.5 Å². The van der Waals surface area contributed by atoms with Crippen LogP contribution in [0.3, 0.4) is 0 Å². The largest absolute Gasteiger partial charge is 0.503 e. The van der Waals surface area contributed by atoms with Crippen LogP contribution in [-0.2, 0) is 9.53 Å². The molecular formula is C19H18FNO5. The van der Waals surface area contributed by atoms with Crippen LogP contribution in [-0.4, -0.2) is 42.0 Å². The molecule has 1 aliphatic heterocycles. The van der Waals surface area contributed by atoms with E-state index in [-0.39, 0.29) is 24.5 Å². The zero-order valence-electron chi connectivity index (χ0n) is 14.4. The van der Waals surface area contributed by atoms with E-state index in [0.717, 1.165) is 0 Å². The van der Waals surface area contributed by atoms with Gasteiger partial charge in [0.25, 0.3) is 5.91 Å². The maximum Gasteiger partial charge on any atom is 0.290 e. The van der Waals surface area contributed by atoms with Gasteiger partial charge < -0.3 is 19.2 Å². The van der Waals surface area contributed by atoms with E-state index in [2.05, 4.69) is 0 Å². The van der Waals surface area contributed by atoms with Crippen LogP contribution >= 0.6 is 0 Å². The van der Waals surface area contributed by atoms with Gasteiger partial charge in [0.1, 0.15) is 11.6 Å². The number of aliphatic hydroxyl groups is 1. The van der Waals surface area contributed by atoms with Gasteiger partial charge in [0, 0.05) is 13.7 Å². The van der Waals surface area contributed by atoms with Crippen LogP contribution in [0.2, 0.25) is 0 Å². The standard InChI is InChI=1S/C19H18FNO5/c1-11-3-8-14(26-11)17(22)15-16(12-4-6-13(20)7-5-12)21(9-10-25-2)19(24)18(15)23/h3-8,16,23H,9-10H2,1-2H3. The van der Waals surface area contributed by atoms with Gasteiger partial charge in [-0.2, -0.15) is 0 Å². The Morgan fingerprint density at radius 3 is 2.54 bits per heavy atom. The van der Waals surface area contributed by atoms with Crippen molar-refractivity contribution in [2.24, 2.45) is 0 Å². The number of carbonyl (C=O) groups excluding carboxylic acids is 2. The molecule has 0 saturated heterocycles. The van der Waals surface area contributed by atoms with E-state index >= 15 is 0 Å². The summed E-state index contributed by atoms with van der Waals surface area (Å²) in [6.07, 6.45) is 0. The highest BCUT2D eigenvalue weighted by atomic mass is 19.1. The summed E-state index contributed by atoms with van der Waals surface area (Å²) in [6.45, 7) is 2.07. The van der Waals surface area contributed by atoms with Gasteiger partial charge in [-0.05, 0) is 36.8 Å². The average Bonchev–Trinajstić information content (AvgIpc) is 3.16. The molecule has 6 nitrogen and oxygen atoms in total. The summed E-state index contributed by atoms with van der Waals surface area (Å²) in [7, 11) is 1.48. The first-order chi connectivity index (χ1) is 12.4. The predicted molar refractivity (Wildman–Crippen MR) is 90.2 cm³/mol. The Morgan fingerprint density at radius 1 is 1.27 bits per heavy atom. The molecule has 1 unspecified atom stereocenters. The van der Waals surface area contributed by atoms with Gasteiger partial charge in [0.05, 0.1) is 18.2 Å². The second kappa shape index (κ2) is 7.13. The summed E-state index contributed by atoms with van der Waals surface area (Å²) in [6, 6.07) is 7.69. The lowest BCUT2D eigenvalue weighted by Crippen LogP contribution is -2.34. The van der Waals surface area contributed by atoms with Crippen LogP contribution in [0.25, 0.3) is 0 Å². The smallest absolute Gasteiger partial charge is 0.290 e. The van der Waals surface area contributed by atoms with Crippen LogP contribution in [0.1, 0.15) is 27.9 Å². The number of furan rings is 1. The number of hydrogen-bond donors (Lipinski definition) is 1. The Hall–Kier alpha value is -2.93. The Bertz CT molecular complexity index is 868. The van der Waals surface area contributed by atoms with Crippen LogP contribution in [0.5, 0.6) is 0 Å². The van der Waals surface area contributed by atoms with Gasteiger partial charge in [0.2, 0.25) is 5.78 Å². The molecule has 26 heavy (non-hydrogen) atoms. The number of Topliss-reactive ketones (excluding diaryl/α,β-unsaturated/α-hetero) is 1. The fourth-order valence-electron chi connectivity index (χ4n) is 2.99. The van der Waals surface area contributed by atoms with Gasteiger partial charge in [-0.1, -0.05) is 12.1 Å². The molecule has 1 aliphatic rings. The van der Waals surface area contributed by atoms with Crippen LogP contribution in [0.4, 0.5) is 4.39 Å². The van der Waals surface area contributed by atoms with E-state index in [1.54, 1.807) is 13.0 Å². The predicted octanol–water partition coefficient (Wildman–Crippen LogP) is 2.95. The third-order valence-electron chi connectivity index (χ3n) is 4.23. The summed E-state index contributed by atoms with van der Waals surface area (Å²) < 4.78 is 23.7. The van der Waals surface area contributed by atoms with Gasteiger partial charge in [-0.15, -0.1) is 0 Å². The number of amides is 1. The molecule has 7 heteroatoms. The molecule has 136 valence electrons. The molecule has 2 heterocycles. The molecule has 2 aromatic rings. The Labute approximate surface area is 149 Å². The summed E-state index contributed by atoms with van der Waals surface area (Å²) in [5.74, 6) is -1.77. The van der Waals surface area contributed by atoms with Crippen molar-refractivity contribution in [1.82, 2.24) is 4.90 Å². The highest BCUT2D eigenvalue weighted by Crippen LogP contribution is 2.39. The van der Waals surface area contributed by atoms with E-state index in [9.17, 15) is 19.1 Å². The minimum atomic E-state index is -0.851. The highest BCUT2D eigenvalue weighted by Gasteiger charge is 2.44. The number of aliphatic hydroxyl groups excluding tert-OH is 1. The summed E-state index contributed by atoms with van der Waals surface area (Å²) in [5, 5.41) is 10.4. The Balaban J connectivity index is 2.07.